The molecule has 162 valence electrons. The number of hydrogen-bond donors (Lipinski definition) is 6. The molecule has 2 fully saturated rings. The number of morpholine rings is 1. The molecule has 0 aromatic carbocycles. The molecule has 0 unspecified atom stereocenters. The van der Waals surface area contributed by atoms with Crippen molar-refractivity contribution < 1.29 is 38.6 Å². The van der Waals surface area contributed by atoms with Gasteiger partial charge in [0.15, 0.2) is 17.7 Å². The van der Waals surface area contributed by atoms with Crippen LogP contribution in [0.4, 0.5) is 5.82 Å². The smallest absolute Gasteiger partial charge is 0.387 e. The molecule has 0 aliphatic carbocycles. The zero-order valence-corrected chi connectivity index (χ0v) is 16.1. The van der Waals surface area contributed by atoms with Gasteiger partial charge < -0.3 is 40.5 Å². The van der Waals surface area contributed by atoms with Gasteiger partial charge in [0.05, 0.1) is 26.1 Å². The van der Waals surface area contributed by atoms with Crippen LogP contribution in [0.15, 0.2) is 12.7 Å². The standard InChI is InChI=1S/C10H14N5O7P.C4H9NO/c11-8-5-9(13-2-12-8)15(3-14-5)10-7(17)6(16)4(22-10)1-21-23(18,19)20;1-3-6-4-2-5-1/h2-4,6-7,10,16-17H,1H2,(H2,11,12,13)(H2,18,19,20);5H,1-4H2/t4-,6-,7-,10-;/m1./s1. The number of nitrogen functional groups attached to an aromatic ring is 1. The van der Waals surface area contributed by atoms with Gasteiger partial charge in [0.2, 0.25) is 0 Å². The lowest BCUT2D eigenvalue weighted by molar-refractivity contribution is -0.0504. The predicted molar refractivity (Wildman–Crippen MR) is 97.3 cm³/mol. The van der Waals surface area contributed by atoms with Crippen molar-refractivity contribution in [1.29, 1.82) is 0 Å². The van der Waals surface area contributed by atoms with Crippen molar-refractivity contribution in [2.75, 3.05) is 38.6 Å². The first-order valence-corrected chi connectivity index (χ1v) is 10.2. The monoisotopic (exact) mass is 434 g/mol. The van der Waals surface area contributed by atoms with Crippen LogP contribution in [0.5, 0.6) is 0 Å². The number of ether oxygens (including phenoxy) is 2. The molecule has 2 saturated heterocycles. The maximum atomic E-state index is 10.7. The molecule has 0 bridgehead atoms. The van der Waals surface area contributed by atoms with E-state index in [1.54, 1.807) is 0 Å². The van der Waals surface area contributed by atoms with E-state index in [2.05, 4.69) is 24.8 Å². The molecule has 2 aromatic rings. The number of aliphatic hydroxyl groups is 2. The number of nitrogens with one attached hydrogen (secondary N) is 1. The predicted octanol–water partition coefficient (Wildman–Crippen LogP) is -2.26. The maximum Gasteiger partial charge on any atom is 0.469 e. The number of nitrogens with two attached hydrogens (primary N) is 1. The molecule has 0 spiro atoms. The number of imidazole rings is 1. The lowest BCUT2D eigenvalue weighted by Crippen LogP contribution is -2.33. The Hall–Kier alpha value is -1.74. The first-order chi connectivity index (χ1) is 13.8. The first kappa shape index (κ1) is 22.0. The highest BCUT2D eigenvalue weighted by atomic mass is 31.2. The second-order valence-electron chi connectivity index (χ2n) is 6.28. The van der Waals surface area contributed by atoms with Crippen LogP contribution in [0, 0.1) is 0 Å². The minimum Gasteiger partial charge on any atom is -0.387 e. The molecule has 4 heterocycles. The molecule has 15 heteroatoms. The number of phosphoric acid groups is 1. The van der Waals surface area contributed by atoms with E-state index in [-0.39, 0.29) is 11.5 Å². The SMILES string of the molecule is C1COCCN1.Nc1ncnc2c1ncn2[C@@H]1O[C@H](COP(=O)(O)O)[C@@H](O)[C@H]1O. The minimum atomic E-state index is -4.72. The number of aliphatic hydroxyl groups excluding tert-OH is 2. The summed E-state index contributed by atoms with van der Waals surface area (Å²) in [5, 5.41) is 23.2. The fourth-order valence-electron chi connectivity index (χ4n) is 2.84. The summed E-state index contributed by atoms with van der Waals surface area (Å²) in [4.78, 5) is 29.2. The summed E-state index contributed by atoms with van der Waals surface area (Å²) in [5.41, 5.74) is 6.25. The Bertz CT molecular complexity index is 846. The molecule has 4 rings (SSSR count). The van der Waals surface area contributed by atoms with Crippen molar-refractivity contribution in [2.24, 2.45) is 0 Å². The zero-order chi connectivity index (χ0) is 21.0. The summed E-state index contributed by atoms with van der Waals surface area (Å²) >= 11 is 0. The third kappa shape index (κ3) is 5.45. The van der Waals surface area contributed by atoms with E-state index < -0.39 is 39.0 Å². The molecular weight excluding hydrogens is 411 g/mol. The van der Waals surface area contributed by atoms with E-state index in [1.807, 2.05) is 0 Å². The Labute approximate surface area is 164 Å². The van der Waals surface area contributed by atoms with Gasteiger partial charge in [0.25, 0.3) is 0 Å². The van der Waals surface area contributed by atoms with Crippen molar-refractivity contribution in [3.05, 3.63) is 12.7 Å². The summed E-state index contributed by atoms with van der Waals surface area (Å²) in [5.74, 6) is 0.142. The van der Waals surface area contributed by atoms with E-state index >= 15 is 0 Å². The summed E-state index contributed by atoms with van der Waals surface area (Å²) in [6.45, 7) is 3.24. The number of rotatable bonds is 4. The first-order valence-electron chi connectivity index (χ1n) is 8.71. The summed E-state index contributed by atoms with van der Waals surface area (Å²) in [7, 11) is -4.72. The van der Waals surface area contributed by atoms with Crippen LogP contribution < -0.4 is 11.1 Å². The number of aromatic nitrogens is 4. The molecule has 0 amide bonds. The van der Waals surface area contributed by atoms with E-state index in [9.17, 15) is 14.8 Å². The van der Waals surface area contributed by atoms with Crippen molar-refractivity contribution in [2.45, 2.75) is 24.5 Å². The molecule has 0 radical (unpaired) electrons. The van der Waals surface area contributed by atoms with E-state index in [1.165, 1.54) is 17.2 Å². The topological polar surface area (TPSA) is 207 Å². The Kier molecular flexibility index (Phi) is 7.10. The number of nitrogens with zero attached hydrogens (tertiary/aromatic N) is 4. The van der Waals surface area contributed by atoms with Gasteiger partial charge in [-0.1, -0.05) is 0 Å². The van der Waals surface area contributed by atoms with Gasteiger partial charge in [-0.2, -0.15) is 0 Å². The second-order valence-corrected chi connectivity index (χ2v) is 7.52. The van der Waals surface area contributed by atoms with Gasteiger partial charge in [-0.15, -0.1) is 0 Å². The fourth-order valence-corrected chi connectivity index (χ4v) is 3.18. The minimum absolute atomic E-state index is 0.142. The van der Waals surface area contributed by atoms with Crippen molar-refractivity contribution in [1.82, 2.24) is 24.8 Å². The quantitative estimate of drug-likeness (QED) is 0.281. The summed E-state index contributed by atoms with van der Waals surface area (Å²) < 4.78 is 26.8. The fraction of sp³-hybridized carbons (Fsp3) is 0.643. The molecule has 14 nitrogen and oxygen atoms in total. The summed E-state index contributed by atoms with van der Waals surface area (Å²) in [6.07, 6.45) is -2.49. The molecular formula is C14H23N6O8P. The third-order valence-corrected chi connectivity index (χ3v) is 4.74. The Balaban J connectivity index is 0.000000343. The van der Waals surface area contributed by atoms with Crippen LogP contribution in [0.3, 0.4) is 0 Å². The summed E-state index contributed by atoms with van der Waals surface area (Å²) in [6, 6.07) is 0. The lowest BCUT2D eigenvalue weighted by atomic mass is 10.1. The molecule has 0 saturated carbocycles. The molecule has 29 heavy (non-hydrogen) atoms. The lowest BCUT2D eigenvalue weighted by Gasteiger charge is -2.16. The van der Waals surface area contributed by atoms with Crippen LogP contribution in [-0.2, 0) is 18.6 Å². The van der Waals surface area contributed by atoms with E-state index in [4.69, 9.17) is 25.0 Å². The Morgan fingerprint density at radius 2 is 1.97 bits per heavy atom. The Morgan fingerprint density at radius 3 is 2.55 bits per heavy atom. The highest BCUT2D eigenvalue weighted by molar-refractivity contribution is 7.46. The molecule has 2 aliphatic rings. The number of hydrogen-bond acceptors (Lipinski definition) is 11. The van der Waals surface area contributed by atoms with Gasteiger partial charge in [0, 0.05) is 13.1 Å². The van der Waals surface area contributed by atoms with E-state index in [0.29, 0.717) is 5.52 Å². The van der Waals surface area contributed by atoms with Crippen LogP contribution >= 0.6 is 7.82 Å². The third-order valence-electron chi connectivity index (χ3n) is 4.25. The van der Waals surface area contributed by atoms with Gasteiger partial charge in [0.1, 0.15) is 30.2 Å². The van der Waals surface area contributed by atoms with Gasteiger partial charge in [-0.25, -0.2) is 19.5 Å². The molecule has 7 N–H and O–H groups in total. The highest BCUT2D eigenvalue weighted by Gasteiger charge is 2.45. The van der Waals surface area contributed by atoms with Crippen LogP contribution in [0.1, 0.15) is 6.23 Å². The largest absolute Gasteiger partial charge is 0.469 e. The normalized spacial score (nSPS) is 27.6. The maximum absolute atomic E-state index is 10.7. The van der Waals surface area contributed by atoms with Crippen molar-refractivity contribution in [3.63, 3.8) is 0 Å². The molecule has 4 atom stereocenters. The van der Waals surface area contributed by atoms with Gasteiger partial charge in [-0.05, 0) is 0 Å². The molecule has 2 aliphatic heterocycles. The van der Waals surface area contributed by atoms with Crippen molar-refractivity contribution >= 4 is 24.8 Å². The second kappa shape index (κ2) is 9.38. The zero-order valence-electron chi connectivity index (χ0n) is 15.2. The van der Waals surface area contributed by atoms with Crippen LogP contribution in [0.25, 0.3) is 11.2 Å². The van der Waals surface area contributed by atoms with E-state index in [0.717, 1.165) is 26.3 Å². The van der Waals surface area contributed by atoms with Crippen LogP contribution in [-0.4, -0.2) is 90.7 Å². The average molecular weight is 434 g/mol. The molecule has 2 aromatic heterocycles. The number of phosphoric ester groups is 1. The number of fused-ring (bicyclic) bond motifs is 1. The van der Waals surface area contributed by atoms with Crippen LogP contribution in [0.2, 0.25) is 0 Å². The van der Waals surface area contributed by atoms with Crippen molar-refractivity contribution in [3.8, 4) is 0 Å². The number of anilines is 1. The van der Waals surface area contributed by atoms with Gasteiger partial charge >= 0.3 is 7.82 Å². The highest BCUT2D eigenvalue weighted by Crippen LogP contribution is 2.38. The average Bonchev–Trinajstić information content (AvgIpc) is 3.24. The van der Waals surface area contributed by atoms with Gasteiger partial charge in [-0.3, -0.25) is 9.09 Å². The Morgan fingerprint density at radius 1 is 1.24 bits per heavy atom.